The molecule has 6 nitrogen and oxygen atoms in total. The number of hydrogen-bond acceptors (Lipinski definition) is 6. The Kier molecular flexibility index (Phi) is 5.22. The smallest absolute Gasteiger partial charge is 0.406 e. The SMILES string of the molecule is CCC(=N)c1c(N2CC(N)C2)ccnc1Nc1ccc(OC(F)(F)F)cc1. The van der Waals surface area contributed by atoms with Crippen molar-refractivity contribution in [3.63, 3.8) is 0 Å². The van der Waals surface area contributed by atoms with E-state index in [1.54, 1.807) is 6.20 Å². The molecule has 0 atom stereocenters. The molecule has 2 heterocycles. The molecule has 0 saturated carbocycles. The van der Waals surface area contributed by atoms with Gasteiger partial charge in [-0.2, -0.15) is 0 Å². The number of ether oxygens (including phenoxy) is 1. The van der Waals surface area contributed by atoms with Crippen molar-refractivity contribution in [3.8, 4) is 5.75 Å². The summed E-state index contributed by atoms with van der Waals surface area (Å²) in [6.07, 6.45) is -2.58. The van der Waals surface area contributed by atoms with E-state index in [-0.39, 0.29) is 11.8 Å². The molecule has 27 heavy (non-hydrogen) atoms. The van der Waals surface area contributed by atoms with Gasteiger partial charge in [0.05, 0.1) is 11.3 Å². The lowest BCUT2D eigenvalue weighted by atomic mass is 10.0. The van der Waals surface area contributed by atoms with E-state index in [1.165, 1.54) is 24.3 Å². The Morgan fingerprint density at radius 2 is 1.96 bits per heavy atom. The van der Waals surface area contributed by atoms with Crippen LogP contribution >= 0.6 is 0 Å². The van der Waals surface area contributed by atoms with Crippen LogP contribution in [0.4, 0.5) is 30.4 Å². The molecule has 3 rings (SSSR count). The summed E-state index contributed by atoms with van der Waals surface area (Å²) in [6, 6.07) is 7.33. The lowest BCUT2D eigenvalue weighted by Gasteiger charge is -2.40. The summed E-state index contributed by atoms with van der Waals surface area (Å²) in [4.78, 5) is 6.40. The highest BCUT2D eigenvalue weighted by atomic mass is 19.4. The normalized spacial score (nSPS) is 14.6. The van der Waals surface area contributed by atoms with Crippen molar-refractivity contribution in [1.82, 2.24) is 4.98 Å². The molecule has 1 aliphatic rings. The molecule has 0 radical (unpaired) electrons. The third-order valence-corrected chi connectivity index (χ3v) is 4.19. The molecule has 0 amide bonds. The Morgan fingerprint density at radius 3 is 2.52 bits per heavy atom. The standard InChI is InChI=1S/C18H20F3N5O/c1-2-14(23)16-15(26-9-11(22)10-26)7-8-24-17(16)25-12-3-5-13(6-4-12)27-18(19,20)21/h3-8,11,23H,2,9-10,22H2,1H3,(H,24,25). The van der Waals surface area contributed by atoms with Crippen LogP contribution in [0.25, 0.3) is 0 Å². The summed E-state index contributed by atoms with van der Waals surface area (Å²) in [5, 5.41) is 11.4. The number of nitrogens with zero attached hydrogens (tertiary/aromatic N) is 2. The van der Waals surface area contributed by atoms with E-state index >= 15 is 0 Å². The van der Waals surface area contributed by atoms with Crippen molar-refractivity contribution < 1.29 is 17.9 Å². The average Bonchev–Trinajstić information content (AvgIpc) is 2.58. The Bertz CT molecular complexity index is 817. The van der Waals surface area contributed by atoms with Gasteiger partial charge in [0.15, 0.2) is 0 Å². The van der Waals surface area contributed by atoms with Crippen molar-refractivity contribution in [2.75, 3.05) is 23.3 Å². The number of rotatable bonds is 6. The van der Waals surface area contributed by atoms with Crippen LogP contribution in [0, 0.1) is 5.41 Å². The minimum absolute atomic E-state index is 0.111. The van der Waals surface area contributed by atoms with Gasteiger partial charge in [0.25, 0.3) is 0 Å². The highest BCUT2D eigenvalue weighted by Crippen LogP contribution is 2.32. The van der Waals surface area contributed by atoms with Crippen LogP contribution in [0.2, 0.25) is 0 Å². The Balaban J connectivity index is 1.86. The minimum atomic E-state index is -4.73. The molecule has 144 valence electrons. The maximum absolute atomic E-state index is 12.3. The summed E-state index contributed by atoms with van der Waals surface area (Å²) in [5.41, 5.74) is 8.36. The first-order valence-corrected chi connectivity index (χ1v) is 8.47. The quantitative estimate of drug-likeness (QED) is 0.667. The lowest BCUT2D eigenvalue weighted by molar-refractivity contribution is -0.274. The van der Waals surface area contributed by atoms with Gasteiger partial charge in [-0.1, -0.05) is 6.92 Å². The van der Waals surface area contributed by atoms with Crippen molar-refractivity contribution in [2.45, 2.75) is 25.7 Å². The molecule has 1 aromatic carbocycles. The van der Waals surface area contributed by atoms with E-state index in [1.807, 2.05) is 13.0 Å². The first-order valence-electron chi connectivity index (χ1n) is 8.47. The van der Waals surface area contributed by atoms with E-state index in [2.05, 4.69) is 19.9 Å². The van der Waals surface area contributed by atoms with Crippen LogP contribution in [-0.2, 0) is 0 Å². The van der Waals surface area contributed by atoms with Crippen molar-refractivity contribution in [1.29, 1.82) is 5.41 Å². The van der Waals surface area contributed by atoms with Gasteiger partial charge in [0, 0.05) is 36.7 Å². The van der Waals surface area contributed by atoms with Crippen LogP contribution < -0.4 is 20.7 Å². The number of alkyl halides is 3. The molecule has 0 unspecified atom stereocenters. The predicted octanol–water partition coefficient (Wildman–Crippen LogP) is 3.65. The second-order valence-corrected chi connectivity index (χ2v) is 6.25. The Hall–Kier alpha value is -2.81. The van der Waals surface area contributed by atoms with Gasteiger partial charge < -0.3 is 26.1 Å². The molecule has 1 saturated heterocycles. The zero-order valence-electron chi connectivity index (χ0n) is 14.7. The van der Waals surface area contributed by atoms with Crippen LogP contribution in [-0.4, -0.2) is 36.2 Å². The van der Waals surface area contributed by atoms with Gasteiger partial charge >= 0.3 is 6.36 Å². The highest BCUT2D eigenvalue weighted by Gasteiger charge is 2.31. The molecule has 1 fully saturated rings. The van der Waals surface area contributed by atoms with Gasteiger partial charge in [-0.3, -0.25) is 0 Å². The van der Waals surface area contributed by atoms with Crippen LogP contribution in [0.15, 0.2) is 36.5 Å². The van der Waals surface area contributed by atoms with E-state index in [4.69, 9.17) is 11.1 Å². The lowest BCUT2D eigenvalue weighted by Crippen LogP contribution is -2.56. The van der Waals surface area contributed by atoms with Crippen molar-refractivity contribution in [3.05, 3.63) is 42.1 Å². The third-order valence-electron chi connectivity index (χ3n) is 4.19. The number of halogens is 3. The number of pyridine rings is 1. The van der Waals surface area contributed by atoms with Crippen LogP contribution in [0.1, 0.15) is 18.9 Å². The summed E-state index contributed by atoms with van der Waals surface area (Å²) >= 11 is 0. The number of nitrogens with two attached hydrogens (primary N) is 1. The third kappa shape index (κ3) is 4.48. The molecule has 4 N–H and O–H groups in total. The molecular formula is C18H20F3N5O. The maximum atomic E-state index is 12.3. The van der Waals surface area contributed by atoms with Gasteiger partial charge in [-0.25, -0.2) is 4.98 Å². The number of nitrogens with one attached hydrogen (secondary N) is 2. The Morgan fingerprint density at radius 1 is 1.30 bits per heavy atom. The number of hydrogen-bond donors (Lipinski definition) is 3. The fourth-order valence-electron chi connectivity index (χ4n) is 2.87. The average molecular weight is 379 g/mol. The molecule has 1 aliphatic heterocycles. The summed E-state index contributed by atoms with van der Waals surface area (Å²) in [6.45, 7) is 3.29. The first kappa shape index (κ1) is 19.0. The van der Waals surface area contributed by atoms with Crippen molar-refractivity contribution >= 4 is 22.9 Å². The van der Waals surface area contributed by atoms with Gasteiger partial charge in [-0.15, -0.1) is 13.2 Å². The van der Waals surface area contributed by atoms with Crippen LogP contribution in [0.3, 0.4) is 0 Å². The molecule has 0 spiro atoms. The molecule has 0 bridgehead atoms. The monoisotopic (exact) mass is 379 g/mol. The fraction of sp³-hybridized carbons (Fsp3) is 0.333. The second kappa shape index (κ2) is 7.43. The van der Waals surface area contributed by atoms with E-state index in [9.17, 15) is 13.2 Å². The molecule has 2 aromatic rings. The second-order valence-electron chi connectivity index (χ2n) is 6.25. The van der Waals surface area contributed by atoms with Gasteiger partial charge in [-0.05, 0) is 36.8 Å². The van der Waals surface area contributed by atoms with Crippen molar-refractivity contribution in [2.24, 2.45) is 5.73 Å². The van der Waals surface area contributed by atoms with Gasteiger partial charge in [0.2, 0.25) is 0 Å². The van der Waals surface area contributed by atoms with E-state index in [0.29, 0.717) is 42.3 Å². The topological polar surface area (TPSA) is 87.3 Å². The Labute approximate surface area is 154 Å². The molecular weight excluding hydrogens is 359 g/mol. The van der Waals surface area contributed by atoms with Crippen LogP contribution in [0.5, 0.6) is 5.75 Å². The number of anilines is 3. The zero-order chi connectivity index (χ0) is 19.6. The maximum Gasteiger partial charge on any atom is 0.573 e. The van der Waals surface area contributed by atoms with E-state index in [0.717, 1.165) is 5.69 Å². The summed E-state index contributed by atoms with van der Waals surface area (Å²) in [7, 11) is 0. The zero-order valence-corrected chi connectivity index (χ0v) is 14.7. The predicted molar refractivity (Wildman–Crippen MR) is 98.0 cm³/mol. The number of aromatic nitrogens is 1. The molecule has 9 heteroatoms. The molecule has 1 aromatic heterocycles. The fourth-order valence-corrected chi connectivity index (χ4v) is 2.87. The van der Waals surface area contributed by atoms with E-state index < -0.39 is 6.36 Å². The first-order chi connectivity index (χ1) is 12.8. The summed E-state index contributed by atoms with van der Waals surface area (Å²) in [5.74, 6) is 0.176. The van der Waals surface area contributed by atoms with Gasteiger partial charge in [0.1, 0.15) is 11.6 Å². The molecule has 0 aliphatic carbocycles. The number of benzene rings is 1. The largest absolute Gasteiger partial charge is 0.573 e. The highest BCUT2D eigenvalue weighted by molar-refractivity contribution is 6.07. The minimum Gasteiger partial charge on any atom is -0.406 e. The summed E-state index contributed by atoms with van der Waals surface area (Å²) < 4.78 is 40.7.